The van der Waals surface area contributed by atoms with Gasteiger partial charge in [0.1, 0.15) is 10.7 Å². The quantitative estimate of drug-likeness (QED) is 0.854. The number of hydrogen-bond acceptors (Lipinski definition) is 4. The van der Waals surface area contributed by atoms with Gasteiger partial charge in [-0.1, -0.05) is 20.8 Å². The van der Waals surface area contributed by atoms with Gasteiger partial charge in [0, 0.05) is 6.54 Å². The zero-order chi connectivity index (χ0) is 15.8. The zero-order valence-corrected chi connectivity index (χ0v) is 13.0. The Morgan fingerprint density at radius 1 is 1.20 bits per heavy atom. The molecule has 0 saturated carbocycles. The number of nitrogens with two attached hydrogens (primary N) is 1. The number of sulfonamides is 2. The number of hydrogen-bond donors (Lipinski definition) is 2. The summed E-state index contributed by atoms with van der Waals surface area (Å²) in [5.41, 5.74) is -0.315. The van der Waals surface area contributed by atoms with Crippen LogP contribution in [0.25, 0.3) is 0 Å². The van der Waals surface area contributed by atoms with Gasteiger partial charge in [-0.05, 0) is 23.6 Å². The third-order valence-corrected chi connectivity index (χ3v) is 4.66. The molecule has 0 aliphatic carbocycles. The van der Waals surface area contributed by atoms with Crippen molar-refractivity contribution in [2.75, 3.05) is 6.54 Å². The maximum Gasteiger partial charge on any atom is 0.243 e. The van der Waals surface area contributed by atoms with Gasteiger partial charge in [-0.15, -0.1) is 0 Å². The summed E-state index contributed by atoms with van der Waals surface area (Å²) < 4.78 is 62.0. The summed E-state index contributed by atoms with van der Waals surface area (Å²) >= 11 is 0. The first kappa shape index (κ1) is 17.0. The van der Waals surface area contributed by atoms with Crippen molar-refractivity contribution in [2.45, 2.75) is 30.6 Å². The van der Waals surface area contributed by atoms with E-state index in [9.17, 15) is 21.2 Å². The number of primary sulfonamides is 1. The molecule has 0 fully saturated rings. The summed E-state index contributed by atoms with van der Waals surface area (Å²) in [6.07, 6.45) is 0. The first-order chi connectivity index (χ1) is 8.83. The average Bonchev–Trinajstić information content (AvgIpc) is 2.24. The summed E-state index contributed by atoms with van der Waals surface area (Å²) in [5, 5.41) is 4.84. The van der Waals surface area contributed by atoms with Crippen molar-refractivity contribution >= 4 is 20.0 Å². The van der Waals surface area contributed by atoms with Crippen LogP contribution in [0.3, 0.4) is 0 Å². The van der Waals surface area contributed by atoms with Crippen molar-refractivity contribution < 1.29 is 21.2 Å². The molecule has 0 unspecified atom stereocenters. The number of rotatable bonds is 4. The van der Waals surface area contributed by atoms with Gasteiger partial charge in [-0.3, -0.25) is 0 Å². The van der Waals surface area contributed by atoms with Crippen molar-refractivity contribution in [1.82, 2.24) is 4.72 Å². The molecular weight excluding hydrogens is 307 g/mol. The van der Waals surface area contributed by atoms with E-state index >= 15 is 0 Å². The predicted octanol–water partition coefficient (Wildman–Crippen LogP) is 0.798. The Kier molecular flexibility index (Phi) is 4.59. The van der Waals surface area contributed by atoms with Gasteiger partial charge in [0.05, 0.1) is 4.90 Å². The average molecular weight is 324 g/mol. The summed E-state index contributed by atoms with van der Waals surface area (Å²) in [5.74, 6) is -1.17. The predicted molar refractivity (Wildman–Crippen MR) is 72.4 cm³/mol. The van der Waals surface area contributed by atoms with Crippen molar-refractivity contribution in [1.29, 1.82) is 0 Å². The third-order valence-electron chi connectivity index (χ3n) is 2.31. The van der Waals surface area contributed by atoms with E-state index in [1.165, 1.54) is 0 Å². The van der Waals surface area contributed by atoms with Gasteiger partial charge in [-0.2, -0.15) is 0 Å². The molecule has 0 bridgehead atoms. The maximum atomic E-state index is 13.8. The molecule has 1 rings (SSSR count). The topological polar surface area (TPSA) is 106 Å². The molecule has 0 aromatic heterocycles. The minimum Gasteiger partial charge on any atom is -0.225 e. The first-order valence-corrected chi connectivity index (χ1v) is 8.68. The van der Waals surface area contributed by atoms with E-state index in [-0.39, 0.29) is 12.0 Å². The third kappa shape index (κ3) is 4.51. The highest BCUT2D eigenvalue weighted by Gasteiger charge is 2.23. The van der Waals surface area contributed by atoms with Crippen molar-refractivity contribution in [3.05, 3.63) is 24.0 Å². The van der Waals surface area contributed by atoms with Gasteiger partial charge in [0.25, 0.3) is 0 Å². The van der Waals surface area contributed by atoms with Crippen molar-refractivity contribution in [3.63, 3.8) is 0 Å². The van der Waals surface area contributed by atoms with Crippen LogP contribution in [-0.2, 0) is 20.0 Å². The van der Waals surface area contributed by atoms with Crippen LogP contribution in [0.4, 0.5) is 4.39 Å². The minimum atomic E-state index is -4.08. The molecule has 0 saturated heterocycles. The molecule has 114 valence electrons. The Labute approximate surface area is 118 Å². The molecule has 0 spiro atoms. The van der Waals surface area contributed by atoms with Gasteiger partial charge >= 0.3 is 0 Å². The van der Waals surface area contributed by atoms with Gasteiger partial charge in [-0.25, -0.2) is 31.1 Å². The van der Waals surface area contributed by atoms with Crippen molar-refractivity contribution in [2.24, 2.45) is 10.6 Å². The van der Waals surface area contributed by atoms with Crippen LogP contribution >= 0.6 is 0 Å². The summed E-state index contributed by atoms with van der Waals surface area (Å²) in [4.78, 5) is -1.10. The van der Waals surface area contributed by atoms with Crippen LogP contribution < -0.4 is 9.86 Å². The number of halogens is 1. The number of benzene rings is 1. The molecule has 0 aliphatic heterocycles. The van der Waals surface area contributed by atoms with E-state index in [2.05, 4.69) is 4.72 Å². The summed E-state index contributed by atoms with van der Waals surface area (Å²) in [7, 11) is -8.13. The van der Waals surface area contributed by atoms with Crippen LogP contribution in [0.15, 0.2) is 28.0 Å². The SMILES string of the molecule is CC(C)(C)CNS(=O)(=O)c1ccc(S(N)(=O)=O)cc1F. The lowest BCUT2D eigenvalue weighted by Crippen LogP contribution is -2.32. The monoisotopic (exact) mass is 324 g/mol. The second-order valence-electron chi connectivity index (χ2n) is 5.52. The van der Waals surface area contributed by atoms with Gasteiger partial charge in [0.15, 0.2) is 0 Å². The zero-order valence-electron chi connectivity index (χ0n) is 11.3. The lowest BCUT2D eigenvalue weighted by molar-refractivity contribution is 0.407. The minimum absolute atomic E-state index is 0.117. The molecule has 20 heavy (non-hydrogen) atoms. The lowest BCUT2D eigenvalue weighted by Gasteiger charge is -2.19. The molecule has 0 aliphatic rings. The van der Waals surface area contributed by atoms with Crippen LogP contribution in [0, 0.1) is 11.2 Å². The van der Waals surface area contributed by atoms with Gasteiger partial charge in [0.2, 0.25) is 20.0 Å². The Bertz CT molecular complexity index is 706. The molecule has 6 nitrogen and oxygen atoms in total. The van der Waals surface area contributed by atoms with Crippen molar-refractivity contribution in [3.8, 4) is 0 Å². The Balaban J connectivity index is 3.15. The van der Waals surface area contributed by atoms with Crippen LogP contribution in [-0.4, -0.2) is 23.4 Å². The number of nitrogens with one attached hydrogen (secondary N) is 1. The molecule has 0 amide bonds. The molecule has 1 aromatic rings. The van der Waals surface area contributed by atoms with Gasteiger partial charge < -0.3 is 0 Å². The standard InChI is InChI=1S/C11H17FN2O4S2/c1-11(2,3)7-14-20(17,18)10-5-4-8(6-9(10)12)19(13,15)16/h4-6,14H,7H2,1-3H3,(H2,13,15,16). The van der Waals surface area contributed by atoms with Crippen LogP contribution in [0.5, 0.6) is 0 Å². The Hall–Kier alpha value is -1.03. The van der Waals surface area contributed by atoms with E-state index in [0.29, 0.717) is 6.07 Å². The smallest absolute Gasteiger partial charge is 0.225 e. The summed E-state index contributed by atoms with van der Waals surface area (Å²) in [6.45, 7) is 5.56. The second kappa shape index (κ2) is 5.40. The Morgan fingerprint density at radius 3 is 2.15 bits per heavy atom. The molecule has 9 heteroatoms. The Morgan fingerprint density at radius 2 is 1.75 bits per heavy atom. The van der Waals surface area contributed by atoms with Crippen LogP contribution in [0.2, 0.25) is 0 Å². The van der Waals surface area contributed by atoms with E-state index in [1.54, 1.807) is 0 Å². The highest BCUT2D eigenvalue weighted by atomic mass is 32.2. The molecule has 0 heterocycles. The largest absolute Gasteiger partial charge is 0.243 e. The second-order valence-corrected chi connectivity index (χ2v) is 8.82. The maximum absolute atomic E-state index is 13.8. The molecule has 0 atom stereocenters. The highest BCUT2D eigenvalue weighted by molar-refractivity contribution is 7.89. The molecular formula is C11H17FN2O4S2. The van der Waals surface area contributed by atoms with E-state index in [0.717, 1.165) is 12.1 Å². The first-order valence-electron chi connectivity index (χ1n) is 5.65. The lowest BCUT2D eigenvalue weighted by atomic mass is 9.98. The fourth-order valence-corrected chi connectivity index (χ4v) is 3.13. The normalized spacial score (nSPS) is 13.4. The van der Waals surface area contributed by atoms with E-state index in [1.807, 2.05) is 20.8 Å². The fraction of sp³-hybridized carbons (Fsp3) is 0.455. The van der Waals surface area contributed by atoms with Crippen LogP contribution in [0.1, 0.15) is 20.8 Å². The highest BCUT2D eigenvalue weighted by Crippen LogP contribution is 2.19. The molecule has 1 aromatic carbocycles. The fourth-order valence-electron chi connectivity index (χ4n) is 1.27. The summed E-state index contributed by atoms with van der Waals surface area (Å²) in [6, 6.07) is 2.41. The molecule has 3 N–H and O–H groups in total. The molecule has 0 radical (unpaired) electrons. The van der Waals surface area contributed by atoms with E-state index < -0.39 is 35.7 Å². The van der Waals surface area contributed by atoms with E-state index in [4.69, 9.17) is 5.14 Å².